The zero-order valence-corrected chi connectivity index (χ0v) is 13.8. The van der Waals surface area contributed by atoms with E-state index in [1.165, 1.54) is 42.3 Å². The highest BCUT2D eigenvalue weighted by atomic mass is 19.4. The average molecular weight is 368 g/mol. The van der Waals surface area contributed by atoms with Gasteiger partial charge in [-0.25, -0.2) is 4.39 Å². The van der Waals surface area contributed by atoms with Gasteiger partial charge in [0.25, 0.3) is 5.91 Å². The predicted octanol–water partition coefficient (Wildman–Crippen LogP) is 3.23. The Morgan fingerprint density at radius 2 is 1.73 bits per heavy atom. The van der Waals surface area contributed by atoms with Crippen molar-refractivity contribution in [3.05, 3.63) is 71.0 Å². The Kier molecular flexibility index (Phi) is 5.97. The lowest BCUT2D eigenvalue weighted by Gasteiger charge is -2.18. The number of carbonyl (C=O) groups is 2. The topological polar surface area (TPSA) is 49.4 Å². The summed E-state index contributed by atoms with van der Waals surface area (Å²) in [7, 11) is 1.47. The number of amides is 2. The molecule has 8 heteroatoms. The average Bonchev–Trinajstić information content (AvgIpc) is 2.59. The molecule has 0 saturated heterocycles. The highest BCUT2D eigenvalue weighted by Crippen LogP contribution is 2.29. The fraction of sp³-hybridized carbons (Fsp3) is 0.222. The molecule has 2 amide bonds. The first kappa shape index (κ1) is 19.4. The maximum atomic E-state index is 13.1. The molecular weight excluding hydrogens is 352 g/mol. The van der Waals surface area contributed by atoms with Crippen LogP contribution in [0.1, 0.15) is 21.5 Å². The van der Waals surface area contributed by atoms with Gasteiger partial charge in [0, 0.05) is 19.2 Å². The Morgan fingerprint density at radius 1 is 1.08 bits per heavy atom. The van der Waals surface area contributed by atoms with Crippen LogP contribution in [0.15, 0.2) is 48.5 Å². The van der Waals surface area contributed by atoms with Crippen molar-refractivity contribution in [3.63, 3.8) is 0 Å². The number of nitrogens with zero attached hydrogens (tertiary/aromatic N) is 1. The fourth-order valence-electron chi connectivity index (χ4n) is 2.18. The van der Waals surface area contributed by atoms with E-state index in [4.69, 9.17) is 0 Å². The van der Waals surface area contributed by atoms with Gasteiger partial charge in [-0.3, -0.25) is 9.59 Å². The summed E-state index contributed by atoms with van der Waals surface area (Å²) in [4.78, 5) is 25.2. The second-order valence-electron chi connectivity index (χ2n) is 5.64. The molecular formula is C18H16F4N2O2. The number of benzene rings is 2. The zero-order valence-electron chi connectivity index (χ0n) is 13.8. The van der Waals surface area contributed by atoms with Crippen LogP contribution in [-0.4, -0.2) is 30.3 Å². The Morgan fingerprint density at radius 3 is 2.31 bits per heavy atom. The number of halogens is 4. The van der Waals surface area contributed by atoms with Gasteiger partial charge >= 0.3 is 6.18 Å². The Bertz CT molecular complexity index is 789. The summed E-state index contributed by atoms with van der Waals surface area (Å²) in [6, 6.07) is 9.50. The normalized spacial score (nSPS) is 11.1. The minimum atomic E-state index is -4.42. The van der Waals surface area contributed by atoms with E-state index in [-0.39, 0.29) is 18.7 Å². The van der Waals surface area contributed by atoms with Crippen molar-refractivity contribution in [2.24, 2.45) is 0 Å². The van der Waals surface area contributed by atoms with Crippen molar-refractivity contribution in [1.29, 1.82) is 0 Å². The van der Waals surface area contributed by atoms with E-state index in [1.807, 2.05) is 0 Å². The van der Waals surface area contributed by atoms with E-state index in [1.54, 1.807) is 0 Å². The van der Waals surface area contributed by atoms with Crippen molar-refractivity contribution in [2.75, 3.05) is 13.6 Å². The maximum absolute atomic E-state index is 13.1. The summed E-state index contributed by atoms with van der Waals surface area (Å²) in [6.45, 7) is -0.223. The van der Waals surface area contributed by atoms with Gasteiger partial charge in [0.15, 0.2) is 0 Å². The molecule has 0 bridgehead atoms. The van der Waals surface area contributed by atoms with Gasteiger partial charge in [-0.2, -0.15) is 13.2 Å². The van der Waals surface area contributed by atoms with Gasteiger partial charge in [0.1, 0.15) is 5.82 Å². The summed E-state index contributed by atoms with van der Waals surface area (Å²) in [5.41, 5.74) is -0.161. The van der Waals surface area contributed by atoms with E-state index < -0.39 is 29.4 Å². The van der Waals surface area contributed by atoms with Crippen LogP contribution in [0.3, 0.4) is 0 Å². The highest BCUT2D eigenvalue weighted by Gasteiger charge is 2.30. The standard InChI is InChI=1S/C18H16F4N2O2/c1-24(11-12-5-7-14(8-6-12)18(20,21)22)16(25)10-23-17(26)13-3-2-4-15(19)9-13/h2-9H,10-11H2,1H3,(H,23,26). The second-order valence-corrected chi connectivity index (χ2v) is 5.64. The molecule has 0 atom stereocenters. The summed E-state index contributed by atoms with van der Waals surface area (Å²) in [5, 5.41) is 2.38. The minimum absolute atomic E-state index is 0.0863. The van der Waals surface area contributed by atoms with Crippen LogP contribution in [0, 0.1) is 5.82 Å². The Hall–Kier alpha value is -2.90. The first-order valence-electron chi connectivity index (χ1n) is 7.60. The molecule has 0 unspecified atom stereocenters. The van der Waals surface area contributed by atoms with Crippen LogP contribution in [0.2, 0.25) is 0 Å². The van der Waals surface area contributed by atoms with E-state index in [9.17, 15) is 27.2 Å². The minimum Gasteiger partial charge on any atom is -0.343 e. The van der Waals surface area contributed by atoms with Crippen LogP contribution in [-0.2, 0) is 17.5 Å². The molecule has 1 N–H and O–H groups in total. The van der Waals surface area contributed by atoms with E-state index in [2.05, 4.69) is 5.32 Å². The number of nitrogens with one attached hydrogen (secondary N) is 1. The quantitative estimate of drug-likeness (QED) is 0.824. The third-order valence-corrected chi connectivity index (χ3v) is 3.61. The SMILES string of the molecule is CN(Cc1ccc(C(F)(F)F)cc1)C(=O)CNC(=O)c1cccc(F)c1. The molecule has 2 aromatic carbocycles. The number of hydrogen-bond acceptors (Lipinski definition) is 2. The van der Waals surface area contributed by atoms with E-state index >= 15 is 0 Å². The Balaban J connectivity index is 1.88. The van der Waals surface area contributed by atoms with Gasteiger partial charge < -0.3 is 10.2 Å². The van der Waals surface area contributed by atoms with Crippen LogP contribution in [0.25, 0.3) is 0 Å². The van der Waals surface area contributed by atoms with E-state index in [0.29, 0.717) is 5.56 Å². The molecule has 138 valence electrons. The predicted molar refractivity (Wildman–Crippen MR) is 86.7 cm³/mol. The van der Waals surface area contributed by atoms with E-state index in [0.717, 1.165) is 18.2 Å². The number of hydrogen-bond donors (Lipinski definition) is 1. The van der Waals surface area contributed by atoms with Gasteiger partial charge in [-0.15, -0.1) is 0 Å². The molecule has 0 fully saturated rings. The Labute approximate surface area is 147 Å². The van der Waals surface area contributed by atoms with Gasteiger partial charge in [0.05, 0.1) is 12.1 Å². The fourth-order valence-corrected chi connectivity index (χ4v) is 2.18. The molecule has 0 aliphatic heterocycles. The van der Waals surface area contributed by atoms with Crippen molar-refractivity contribution < 1.29 is 27.2 Å². The highest BCUT2D eigenvalue weighted by molar-refractivity contribution is 5.96. The molecule has 2 aromatic rings. The monoisotopic (exact) mass is 368 g/mol. The van der Waals surface area contributed by atoms with Crippen molar-refractivity contribution in [3.8, 4) is 0 Å². The largest absolute Gasteiger partial charge is 0.416 e. The van der Waals surface area contributed by atoms with Crippen LogP contribution >= 0.6 is 0 Å². The molecule has 26 heavy (non-hydrogen) atoms. The van der Waals surface area contributed by atoms with Gasteiger partial charge in [-0.1, -0.05) is 18.2 Å². The van der Waals surface area contributed by atoms with Crippen LogP contribution in [0.4, 0.5) is 17.6 Å². The first-order chi connectivity index (χ1) is 12.2. The third-order valence-electron chi connectivity index (χ3n) is 3.61. The van der Waals surface area contributed by atoms with Crippen molar-refractivity contribution >= 4 is 11.8 Å². The molecule has 0 heterocycles. The summed E-state index contributed by atoms with van der Waals surface area (Å²) in [5.74, 6) is -1.60. The molecule has 0 saturated carbocycles. The summed E-state index contributed by atoms with van der Waals surface area (Å²) < 4.78 is 50.6. The van der Waals surface area contributed by atoms with Gasteiger partial charge in [-0.05, 0) is 35.9 Å². The first-order valence-corrected chi connectivity index (χ1v) is 7.60. The molecule has 2 rings (SSSR count). The second kappa shape index (κ2) is 7.99. The van der Waals surface area contributed by atoms with Gasteiger partial charge in [0.2, 0.25) is 5.91 Å². The number of likely N-dealkylation sites (N-methyl/N-ethyl adjacent to an activating group) is 1. The van der Waals surface area contributed by atoms with Crippen LogP contribution < -0.4 is 5.32 Å². The van der Waals surface area contributed by atoms with Crippen molar-refractivity contribution in [1.82, 2.24) is 10.2 Å². The summed E-state index contributed by atoms with van der Waals surface area (Å²) in [6.07, 6.45) is -4.42. The molecule has 0 aliphatic carbocycles. The lowest BCUT2D eigenvalue weighted by molar-refractivity contribution is -0.137. The lowest BCUT2D eigenvalue weighted by Crippen LogP contribution is -2.37. The molecule has 0 spiro atoms. The number of carbonyl (C=O) groups excluding carboxylic acids is 2. The van der Waals surface area contributed by atoms with Crippen molar-refractivity contribution in [2.45, 2.75) is 12.7 Å². The number of rotatable bonds is 5. The molecule has 0 radical (unpaired) electrons. The smallest absolute Gasteiger partial charge is 0.343 e. The van der Waals surface area contributed by atoms with Crippen LogP contribution in [0.5, 0.6) is 0 Å². The summed E-state index contributed by atoms with van der Waals surface area (Å²) >= 11 is 0. The molecule has 0 aromatic heterocycles. The number of alkyl halides is 3. The maximum Gasteiger partial charge on any atom is 0.416 e. The third kappa shape index (κ3) is 5.30. The lowest BCUT2D eigenvalue weighted by atomic mass is 10.1. The molecule has 4 nitrogen and oxygen atoms in total. The molecule has 0 aliphatic rings. The zero-order chi connectivity index (χ0) is 19.3.